The van der Waals surface area contributed by atoms with Crippen LogP contribution in [0.25, 0.3) is 16.7 Å². The summed E-state index contributed by atoms with van der Waals surface area (Å²) in [5, 5.41) is 6.24. The predicted molar refractivity (Wildman–Crippen MR) is 119 cm³/mol. The molecule has 0 saturated heterocycles. The molecule has 0 aliphatic carbocycles. The normalized spacial score (nSPS) is 10.8. The first-order chi connectivity index (χ1) is 14.7. The minimum atomic E-state index is -0.0978. The van der Waals surface area contributed by atoms with Gasteiger partial charge in [-0.05, 0) is 54.1 Å². The van der Waals surface area contributed by atoms with Crippen molar-refractivity contribution >= 4 is 22.6 Å². The average Bonchev–Trinajstić information content (AvgIpc) is 3.23. The van der Waals surface area contributed by atoms with Gasteiger partial charge in [-0.3, -0.25) is 9.36 Å². The molecule has 0 atom stereocenters. The molecule has 0 aliphatic heterocycles. The highest BCUT2D eigenvalue weighted by Gasteiger charge is 2.08. The Morgan fingerprint density at radius 3 is 2.53 bits per heavy atom. The second-order valence-corrected chi connectivity index (χ2v) is 6.95. The van der Waals surface area contributed by atoms with Gasteiger partial charge in [0.15, 0.2) is 0 Å². The summed E-state index contributed by atoms with van der Waals surface area (Å²) in [6.07, 6.45) is 1.80. The molecule has 0 unspecified atom stereocenters. The summed E-state index contributed by atoms with van der Waals surface area (Å²) in [4.78, 5) is 16.9. The van der Waals surface area contributed by atoms with Crippen molar-refractivity contribution in [2.24, 2.45) is 0 Å². The van der Waals surface area contributed by atoms with Crippen LogP contribution in [-0.4, -0.2) is 35.7 Å². The number of nitrogens with one attached hydrogen (secondary N) is 2. The Balaban J connectivity index is 1.36. The molecular weight excluding hydrogens is 376 g/mol. The molecule has 0 fully saturated rings. The maximum Gasteiger partial charge on any atom is 0.251 e. The zero-order valence-electron chi connectivity index (χ0n) is 16.8. The molecule has 0 radical (unpaired) electrons. The third-order valence-corrected chi connectivity index (χ3v) is 4.90. The van der Waals surface area contributed by atoms with Gasteiger partial charge in [0, 0.05) is 37.1 Å². The van der Waals surface area contributed by atoms with E-state index in [2.05, 4.69) is 15.6 Å². The van der Waals surface area contributed by atoms with Gasteiger partial charge < -0.3 is 15.4 Å². The maximum absolute atomic E-state index is 12.5. The highest BCUT2D eigenvalue weighted by Crippen LogP contribution is 2.18. The first-order valence-corrected chi connectivity index (χ1v) is 9.87. The van der Waals surface area contributed by atoms with Crippen molar-refractivity contribution in [2.75, 3.05) is 25.6 Å². The molecule has 0 saturated carbocycles. The van der Waals surface area contributed by atoms with Crippen molar-refractivity contribution in [3.63, 3.8) is 0 Å². The van der Waals surface area contributed by atoms with Crippen LogP contribution in [-0.2, 0) is 11.3 Å². The topological polar surface area (TPSA) is 68.2 Å². The number of carbonyl (C=O) groups is 1. The fraction of sp³-hybridized carbons (Fsp3) is 0.167. The molecule has 6 nitrogen and oxygen atoms in total. The lowest BCUT2D eigenvalue weighted by Crippen LogP contribution is -2.22. The fourth-order valence-electron chi connectivity index (χ4n) is 3.26. The number of rotatable bonds is 8. The molecule has 152 valence electrons. The second-order valence-electron chi connectivity index (χ2n) is 6.95. The highest BCUT2D eigenvalue weighted by atomic mass is 16.5. The van der Waals surface area contributed by atoms with Crippen LogP contribution in [0.4, 0.5) is 5.69 Å². The van der Waals surface area contributed by atoms with Crippen LogP contribution in [0.2, 0.25) is 0 Å². The van der Waals surface area contributed by atoms with E-state index in [1.807, 2.05) is 77.4 Å². The van der Waals surface area contributed by atoms with E-state index >= 15 is 0 Å². The SMILES string of the molecule is COCCNc1ccc(CNC(=O)c2ccc(-n3cnc4ccccc43)cc2)cc1. The van der Waals surface area contributed by atoms with Gasteiger partial charge in [0.05, 0.1) is 17.6 Å². The number of hydrogen-bond donors (Lipinski definition) is 2. The molecule has 0 bridgehead atoms. The maximum atomic E-state index is 12.5. The van der Waals surface area contributed by atoms with E-state index in [0.717, 1.165) is 34.5 Å². The number of fused-ring (bicyclic) bond motifs is 1. The Morgan fingerprint density at radius 1 is 1.00 bits per heavy atom. The molecular formula is C24H24N4O2. The van der Waals surface area contributed by atoms with Gasteiger partial charge in [0.25, 0.3) is 5.91 Å². The molecule has 6 heteroatoms. The number of anilines is 1. The number of methoxy groups -OCH3 is 1. The highest BCUT2D eigenvalue weighted by molar-refractivity contribution is 5.94. The summed E-state index contributed by atoms with van der Waals surface area (Å²) in [5.74, 6) is -0.0978. The Labute approximate surface area is 175 Å². The lowest BCUT2D eigenvalue weighted by molar-refractivity contribution is 0.0951. The van der Waals surface area contributed by atoms with E-state index in [-0.39, 0.29) is 5.91 Å². The van der Waals surface area contributed by atoms with Crippen molar-refractivity contribution in [2.45, 2.75) is 6.54 Å². The number of nitrogens with zero attached hydrogens (tertiary/aromatic N) is 2. The predicted octanol–water partition coefficient (Wildman–Crippen LogP) is 4.01. The zero-order chi connectivity index (χ0) is 20.8. The first kappa shape index (κ1) is 19.7. The molecule has 0 spiro atoms. The standard InChI is InChI=1S/C24H24N4O2/c1-30-15-14-25-20-10-6-18(7-11-20)16-26-24(29)19-8-12-21(13-9-19)28-17-27-22-4-2-3-5-23(22)28/h2-13,17,25H,14-16H2,1H3,(H,26,29). The van der Waals surface area contributed by atoms with Gasteiger partial charge in [0.2, 0.25) is 0 Å². The summed E-state index contributed by atoms with van der Waals surface area (Å²) < 4.78 is 7.04. The lowest BCUT2D eigenvalue weighted by Gasteiger charge is -2.09. The largest absolute Gasteiger partial charge is 0.383 e. The summed E-state index contributed by atoms with van der Waals surface area (Å²) in [5.41, 5.74) is 5.65. The van der Waals surface area contributed by atoms with Gasteiger partial charge in [-0.25, -0.2) is 4.98 Å². The summed E-state index contributed by atoms with van der Waals surface area (Å²) >= 11 is 0. The van der Waals surface area contributed by atoms with Crippen molar-refractivity contribution < 1.29 is 9.53 Å². The zero-order valence-corrected chi connectivity index (χ0v) is 16.8. The molecule has 1 heterocycles. The summed E-state index contributed by atoms with van der Waals surface area (Å²) in [7, 11) is 1.68. The molecule has 1 amide bonds. The number of aromatic nitrogens is 2. The molecule has 3 aromatic carbocycles. The Morgan fingerprint density at radius 2 is 1.77 bits per heavy atom. The third-order valence-electron chi connectivity index (χ3n) is 4.90. The van der Waals surface area contributed by atoms with Gasteiger partial charge in [-0.1, -0.05) is 24.3 Å². The smallest absolute Gasteiger partial charge is 0.251 e. The van der Waals surface area contributed by atoms with E-state index in [9.17, 15) is 4.79 Å². The lowest BCUT2D eigenvalue weighted by atomic mass is 10.1. The molecule has 0 aliphatic rings. The van der Waals surface area contributed by atoms with E-state index in [4.69, 9.17) is 4.74 Å². The van der Waals surface area contributed by atoms with Crippen molar-refractivity contribution in [1.82, 2.24) is 14.9 Å². The summed E-state index contributed by atoms with van der Waals surface area (Å²) in [6.45, 7) is 1.90. The molecule has 1 aromatic heterocycles. The quantitative estimate of drug-likeness (QED) is 0.439. The molecule has 4 aromatic rings. The van der Waals surface area contributed by atoms with Crippen LogP contribution in [0.15, 0.2) is 79.1 Å². The average molecular weight is 400 g/mol. The molecule has 30 heavy (non-hydrogen) atoms. The van der Waals surface area contributed by atoms with Crippen LogP contribution in [0.1, 0.15) is 15.9 Å². The first-order valence-electron chi connectivity index (χ1n) is 9.87. The number of benzene rings is 3. The third kappa shape index (κ3) is 4.50. The van der Waals surface area contributed by atoms with Crippen LogP contribution in [0, 0.1) is 0 Å². The Kier molecular flexibility index (Phi) is 6.06. The van der Waals surface area contributed by atoms with Gasteiger partial charge in [-0.2, -0.15) is 0 Å². The van der Waals surface area contributed by atoms with Crippen LogP contribution < -0.4 is 10.6 Å². The summed E-state index contributed by atoms with van der Waals surface area (Å²) in [6, 6.07) is 23.5. The van der Waals surface area contributed by atoms with Crippen molar-refractivity contribution in [3.8, 4) is 5.69 Å². The van der Waals surface area contributed by atoms with E-state index in [1.165, 1.54) is 0 Å². The number of amides is 1. The number of imidazole rings is 1. The molecule has 2 N–H and O–H groups in total. The van der Waals surface area contributed by atoms with Crippen LogP contribution in [0.5, 0.6) is 0 Å². The Bertz CT molecular complexity index is 1120. The number of ether oxygens (including phenoxy) is 1. The van der Waals surface area contributed by atoms with Gasteiger partial charge in [0.1, 0.15) is 6.33 Å². The van der Waals surface area contributed by atoms with Crippen molar-refractivity contribution in [3.05, 3.63) is 90.3 Å². The minimum absolute atomic E-state index is 0.0978. The van der Waals surface area contributed by atoms with E-state index in [1.54, 1.807) is 13.4 Å². The number of carbonyl (C=O) groups excluding carboxylic acids is 1. The Hall–Kier alpha value is -3.64. The monoisotopic (exact) mass is 400 g/mol. The molecule has 4 rings (SSSR count). The van der Waals surface area contributed by atoms with Crippen molar-refractivity contribution in [1.29, 1.82) is 0 Å². The number of hydrogen-bond acceptors (Lipinski definition) is 4. The van der Waals surface area contributed by atoms with Crippen LogP contribution in [0.3, 0.4) is 0 Å². The van der Waals surface area contributed by atoms with E-state index in [0.29, 0.717) is 18.7 Å². The fourth-order valence-corrected chi connectivity index (χ4v) is 3.26. The minimum Gasteiger partial charge on any atom is -0.383 e. The van der Waals surface area contributed by atoms with Gasteiger partial charge in [-0.15, -0.1) is 0 Å². The van der Waals surface area contributed by atoms with Gasteiger partial charge >= 0.3 is 0 Å². The van der Waals surface area contributed by atoms with Crippen LogP contribution >= 0.6 is 0 Å². The van der Waals surface area contributed by atoms with E-state index < -0.39 is 0 Å². The number of para-hydroxylation sites is 2. The second kappa shape index (κ2) is 9.24.